The van der Waals surface area contributed by atoms with Crippen LogP contribution >= 0.6 is 0 Å². The molecule has 4 aromatic rings. The number of hydrogen-bond acceptors (Lipinski definition) is 3. The SMILES string of the molecule is CNC(=O)c1ccc2c(c1)ncn2-c1ccc(CC(=O)N(C)Cc2cc(F)cc(F)c2F)cc1. The maximum Gasteiger partial charge on any atom is 0.251 e. The number of aromatic nitrogens is 2. The van der Waals surface area contributed by atoms with Crippen LogP contribution in [0.25, 0.3) is 16.7 Å². The van der Waals surface area contributed by atoms with E-state index < -0.39 is 17.5 Å². The molecule has 0 aliphatic heterocycles. The maximum absolute atomic E-state index is 13.9. The highest BCUT2D eigenvalue weighted by atomic mass is 19.2. The Morgan fingerprint density at radius 2 is 1.76 bits per heavy atom. The molecular formula is C25H21F3N4O2. The smallest absolute Gasteiger partial charge is 0.251 e. The van der Waals surface area contributed by atoms with Gasteiger partial charge in [-0.2, -0.15) is 0 Å². The van der Waals surface area contributed by atoms with E-state index in [4.69, 9.17) is 0 Å². The van der Waals surface area contributed by atoms with Crippen LogP contribution in [0.2, 0.25) is 0 Å². The summed E-state index contributed by atoms with van der Waals surface area (Å²) in [7, 11) is 3.01. The third kappa shape index (κ3) is 4.63. The molecule has 0 fully saturated rings. The molecule has 0 saturated heterocycles. The van der Waals surface area contributed by atoms with Crippen molar-refractivity contribution in [2.45, 2.75) is 13.0 Å². The topological polar surface area (TPSA) is 67.2 Å². The van der Waals surface area contributed by atoms with Gasteiger partial charge in [0.25, 0.3) is 5.91 Å². The number of nitrogens with one attached hydrogen (secondary N) is 1. The van der Waals surface area contributed by atoms with Gasteiger partial charge in [-0.05, 0) is 42.0 Å². The maximum atomic E-state index is 13.9. The first-order chi connectivity index (χ1) is 16.3. The van der Waals surface area contributed by atoms with E-state index >= 15 is 0 Å². The van der Waals surface area contributed by atoms with Crippen molar-refractivity contribution in [3.8, 4) is 5.69 Å². The number of halogens is 3. The Balaban J connectivity index is 1.47. The molecule has 34 heavy (non-hydrogen) atoms. The molecule has 2 amide bonds. The Bertz CT molecular complexity index is 1380. The molecule has 0 unspecified atom stereocenters. The predicted octanol–water partition coefficient (Wildman–Crippen LogP) is 4.00. The van der Waals surface area contributed by atoms with Gasteiger partial charge in [-0.1, -0.05) is 12.1 Å². The van der Waals surface area contributed by atoms with E-state index in [0.29, 0.717) is 17.1 Å². The number of hydrogen-bond donors (Lipinski definition) is 1. The first-order valence-electron chi connectivity index (χ1n) is 10.4. The fraction of sp³-hybridized carbons (Fsp3) is 0.160. The average molecular weight is 466 g/mol. The van der Waals surface area contributed by atoms with Crippen LogP contribution in [0, 0.1) is 17.5 Å². The van der Waals surface area contributed by atoms with Gasteiger partial charge in [-0.15, -0.1) is 0 Å². The number of carbonyl (C=O) groups excluding carboxylic acids is 2. The highest BCUT2D eigenvalue weighted by Crippen LogP contribution is 2.21. The Labute approximate surface area is 193 Å². The lowest BCUT2D eigenvalue weighted by molar-refractivity contribution is -0.129. The van der Waals surface area contributed by atoms with Gasteiger partial charge in [0.05, 0.1) is 17.5 Å². The first-order valence-corrected chi connectivity index (χ1v) is 10.4. The average Bonchev–Trinajstić information content (AvgIpc) is 3.25. The number of imidazole rings is 1. The molecule has 4 rings (SSSR count). The van der Waals surface area contributed by atoms with Gasteiger partial charge in [-0.25, -0.2) is 18.2 Å². The van der Waals surface area contributed by atoms with Crippen molar-refractivity contribution < 1.29 is 22.8 Å². The van der Waals surface area contributed by atoms with Crippen LogP contribution in [0.4, 0.5) is 13.2 Å². The van der Waals surface area contributed by atoms with E-state index in [9.17, 15) is 22.8 Å². The number of amides is 2. The molecule has 1 aromatic heterocycles. The second-order valence-corrected chi connectivity index (χ2v) is 7.85. The molecule has 1 N–H and O–H groups in total. The Hall–Kier alpha value is -4.14. The standard InChI is InChI=1S/C25H21F3N4O2/c1-29-25(34)16-5-8-22-21(11-16)30-14-32(22)19-6-3-15(4-7-19)9-23(33)31(2)13-17-10-18(26)12-20(27)24(17)28/h3-8,10-12,14H,9,13H2,1-2H3,(H,29,34). The Morgan fingerprint density at radius 1 is 1.03 bits per heavy atom. The van der Waals surface area contributed by atoms with Crippen LogP contribution in [-0.2, 0) is 17.8 Å². The van der Waals surface area contributed by atoms with Crippen LogP contribution in [0.1, 0.15) is 21.5 Å². The molecule has 0 aliphatic rings. The number of likely N-dealkylation sites (N-methyl/N-ethyl adjacent to an activating group) is 1. The lowest BCUT2D eigenvalue weighted by Crippen LogP contribution is -2.28. The van der Waals surface area contributed by atoms with E-state index in [1.807, 2.05) is 22.8 Å². The summed E-state index contributed by atoms with van der Waals surface area (Å²) in [5.74, 6) is -3.88. The fourth-order valence-corrected chi connectivity index (χ4v) is 3.66. The lowest BCUT2D eigenvalue weighted by Gasteiger charge is -2.18. The molecule has 9 heteroatoms. The zero-order chi connectivity index (χ0) is 24.4. The molecule has 3 aromatic carbocycles. The lowest BCUT2D eigenvalue weighted by atomic mass is 10.1. The van der Waals surface area contributed by atoms with Crippen molar-refractivity contribution in [1.82, 2.24) is 19.8 Å². The van der Waals surface area contributed by atoms with Gasteiger partial charge < -0.3 is 10.2 Å². The minimum absolute atomic E-state index is 0.0381. The fourth-order valence-electron chi connectivity index (χ4n) is 3.66. The quantitative estimate of drug-likeness (QED) is 0.437. The monoisotopic (exact) mass is 466 g/mol. The molecule has 0 bridgehead atoms. The molecule has 0 spiro atoms. The van der Waals surface area contributed by atoms with Gasteiger partial charge in [0, 0.05) is 43.5 Å². The summed E-state index contributed by atoms with van der Waals surface area (Å²) in [4.78, 5) is 30.0. The minimum Gasteiger partial charge on any atom is -0.355 e. The van der Waals surface area contributed by atoms with Gasteiger partial charge >= 0.3 is 0 Å². The third-order valence-electron chi connectivity index (χ3n) is 5.51. The van der Waals surface area contributed by atoms with Crippen molar-refractivity contribution >= 4 is 22.8 Å². The molecule has 174 valence electrons. The highest BCUT2D eigenvalue weighted by molar-refractivity contribution is 5.97. The summed E-state index contributed by atoms with van der Waals surface area (Å²) in [6, 6.07) is 13.8. The largest absolute Gasteiger partial charge is 0.355 e. The molecule has 0 radical (unpaired) electrons. The number of nitrogens with zero attached hydrogens (tertiary/aromatic N) is 3. The van der Waals surface area contributed by atoms with Gasteiger partial charge in [0.15, 0.2) is 11.6 Å². The summed E-state index contributed by atoms with van der Waals surface area (Å²) in [5, 5.41) is 2.58. The van der Waals surface area contributed by atoms with Crippen LogP contribution < -0.4 is 5.32 Å². The van der Waals surface area contributed by atoms with Crippen molar-refractivity contribution in [3.63, 3.8) is 0 Å². The normalized spacial score (nSPS) is 11.0. The zero-order valence-electron chi connectivity index (χ0n) is 18.5. The summed E-state index contributed by atoms with van der Waals surface area (Å²) >= 11 is 0. The number of fused-ring (bicyclic) bond motifs is 1. The van der Waals surface area contributed by atoms with Gasteiger partial charge in [0.2, 0.25) is 5.91 Å². The molecule has 1 heterocycles. The van der Waals surface area contributed by atoms with Crippen LogP contribution in [0.5, 0.6) is 0 Å². The van der Waals surface area contributed by atoms with E-state index in [-0.39, 0.29) is 30.3 Å². The highest BCUT2D eigenvalue weighted by Gasteiger charge is 2.16. The number of rotatable bonds is 6. The molecule has 0 aliphatic carbocycles. The van der Waals surface area contributed by atoms with Crippen molar-refractivity contribution in [1.29, 1.82) is 0 Å². The zero-order valence-corrected chi connectivity index (χ0v) is 18.5. The molecule has 6 nitrogen and oxygen atoms in total. The van der Waals surface area contributed by atoms with Gasteiger partial charge in [-0.3, -0.25) is 14.2 Å². The Morgan fingerprint density at radius 3 is 2.47 bits per heavy atom. The Kier molecular flexibility index (Phi) is 6.36. The number of carbonyl (C=O) groups is 2. The predicted molar refractivity (Wildman–Crippen MR) is 121 cm³/mol. The minimum atomic E-state index is -1.29. The van der Waals surface area contributed by atoms with Crippen molar-refractivity contribution in [2.75, 3.05) is 14.1 Å². The van der Waals surface area contributed by atoms with E-state index in [1.165, 1.54) is 11.9 Å². The van der Waals surface area contributed by atoms with Crippen LogP contribution in [0.3, 0.4) is 0 Å². The third-order valence-corrected chi connectivity index (χ3v) is 5.51. The second kappa shape index (κ2) is 9.38. The summed E-state index contributed by atoms with van der Waals surface area (Å²) in [5.41, 5.74) is 3.31. The van der Waals surface area contributed by atoms with E-state index in [1.54, 1.807) is 37.6 Å². The van der Waals surface area contributed by atoms with E-state index in [0.717, 1.165) is 22.8 Å². The summed E-state index contributed by atoms with van der Waals surface area (Å²) in [6.07, 6.45) is 1.69. The second-order valence-electron chi connectivity index (χ2n) is 7.85. The van der Waals surface area contributed by atoms with E-state index in [2.05, 4.69) is 10.3 Å². The molecule has 0 saturated carbocycles. The van der Waals surface area contributed by atoms with Gasteiger partial charge in [0.1, 0.15) is 12.1 Å². The van der Waals surface area contributed by atoms with Crippen molar-refractivity contribution in [2.24, 2.45) is 0 Å². The molecular weight excluding hydrogens is 445 g/mol. The van der Waals surface area contributed by atoms with Crippen LogP contribution in [0.15, 0.2) is 60.9 Å². The summed E-state index contributed by atoms with van der Waals surface area (Å²) in [6.45, 7) is -0.253. The summed E-state index contributed by atoms with van der Waals surface area (Å²) < 4.78 is 42.6. The molecule has 0 atom stereocenters. The van der Waals surface area contributed by atoms with Crippen molar-refractivity contribution in [3.05, 3.63) is 95.1 Å². The first kappa shape index (κ1) is 23.0. The number of benzene rings is 3. The van der Waals surface area contributed by atoms with Crippen LogP contribution in [-0.4, -0.2) is 40.4 Å².